The number of rotatable bonds is 5. The number of hydrogen-bond donors (Lipinski definition) is 1. The average Bonchev–Trinajstić information content (AvgIpc) is 2.88. The van der Waals surface area contributed by atoms with E-state index in [0.717, 1.165) is 12.5 Å². The monoisotopic (exact) mass is 238 g/mol. The molecule has 1 fully saturated rings. The molecule has 0 bridgehead atoms. The fourth-order valence-corrected chi connectivity index (χ4v) is 3.73. The van der Waals surface area contributed by atoms with Crippen LogP contribution < -0.4 is 5.32 Å². The van der Waals surface area contributed by atoms with E-state index in [2.05, 4.69) is 12.2 Å². The van der Waals surface area contributed by atoms with E-state index < -0.39 is 0 Å². The van der Waals surface area contributed by atoms with Crippen molar-refractivity contribution in [3.63, 3.8) is 0 Å². The first-order valence-electron chi connectivity index (χ1n) is 6.42. The minimum absolute atomic E-state index is 0.779. The second-order valence-electron chi connectivity index (χ2n) is 4.75. The number of nitrogens with one attached hydrogen (secondary N) is 1. The molecular formula is C13H22N2S. The highest BCUT2D eigenvalue weighted by atomic mass is 32.1. The molecule has 0 amide bonds. The standard InChI is InChI=1S/C13H22N2S/c1-10-12(8-5-9-14-2)16-13(15-10)11-6-3-4-7-11/h11,14H,3-9H2,1-2H3. The number of thiazole rings is 1. The van der Waals surface area contributed by atoms with E-state index in [1.165, 1.54) is 54.1 Å². The van der Waals surface area contributed by atoms with Gasteiger partial charge in [-0.25, -0.2) is 4.98 Å². The normalized spacial score (nSPS) is 17.1. The van der Waals surface area contributed by atoms with E-state index >= 15 is 0 Å². The minimum Gasteiger partial charge on any atom is -0.320 e. The van der Waals surface area contributed by atoms with E-state index in [1.807, 2.05) is 18.4 Å². The number of aryl methyl sites for hydroxylation is 2. The first kappa shape index (κ1) is 12.1. The molecule has 1 N–H and O–H groups in total. The zero-order chi connectivity index (χ0) is 11.4. The van der Waals surface area contributed by atoms with Gasteiger partial charge in [0.1, 0.15) is 0 Å². The second kappa shape index (κ2) is 5.78. The summed E-state index contributed by atoms with van der Waals surface area (Å²) in [4.78, 5) is 6.28. The van der Waals surface area contributed by atoms with Crippen LogP contribution in [0.25, 0.3) is 0 Å². The van der Waals surface area contributed by atoms with Crippen molar-refractivity contribution in [2.24, 2.45) is 0 Å². The lowest BCUT2D eigenvalue weighted by Crippen LogP contribution is -2.08. The van der Waals surface area contributed by atoms with Crippen molar-refractivity contribution in [3.8, 4) is 0 Å². The van der Waals surface area contributed by atoms with E-state index in [0.29, 0.717) is 0 Å². The Morgan fingerprint density at radius 3 is 2.81 bits per heavy atom. The molecule has 90 valence electrons. The predicted octanol–water partition coefficient (Wildman–Crippen LogP) is 3.26. The molecule has 1 aromatic rings. The molecule has 1 aromatic heterocycles. The van der Waals surface area contributed by atoms with Crippen LogP contribution in [0.5, 0.6) is 0 Å². The molecule has 2 nitrogen and oxygen atoms in total. The van der Waals surface area contributed by atoms with Crippen LogP contribution in [0.15, 0.2) is 0 Å². The summed E-state index contributed by atoms with van der Waals surface area (Å²) in [6.07, 6.45) is 7.95. The van der Waals surface area contributed by atoms with Gasteiger partial charge in [0.2, 0.25) is 0 Å². The Kier molecular flexibility index (Phi) is 4.36. The molecule has 3 heteroatoms. The Hall–Kier alpha value is -0.410. The summed E-state index contributed by atoms with van der Waals surface area (Å²) in [5.74, 6) is 0.779. The van der Waals surface area contributed by atoms with Crippen molar-refractivity contribution in [2.75, 3.05) is 13.6 Å². The molecule has 0 saturated heterocycles. The Morgan fingerprint density at radius 2 is 2.12 bits per heavy atom. The van der Waals surface area contributed by atoms with Crippen molar-refractivity contribution in [1.82, 2.24) is 10.3 Å². The summed E-state index contributed by atoms with van der Waals surface area (Å²) in [5.41, 5.74) is 1.28. The Morgan fingerprint density at radius 1 is 1.38 bits per heavy atom. The molecule has 0 unspecified atom stereocenters. The maximum absolute atomic E-state index is 4.77. The molecule has 0 spiro atoms. The van der Waals surface area contributed by atoms with Gasteiger partial charge < -0.3 is 5.32 Å². The summed E-state index contributed by atoms with van der Waals surface area (Å²) in [5, 5.41) is 4.62. The highest BCUT2D eigenvalue weighted by Gasteiger charge is 2.21. The van der Waals surface area contributed by atoms with Gasteiger partial charge in [-0.1, -0.05) is 12.8 Å². The molecule has 1 heterocycles. The van der Waals surface area contributed by atoms with Crippen LogP contribution in [0.3, 0.4) is 0 Å². The van der Waals surface area contributed by atoms with E-state index in [9.17, 15) is 0 Å². The van der Waals surface area contributed by atoms with Crippen LogP contribution in [0.2, 0.25) is 0 Å². The lowest BCUT2D eigenvalue weighted by Gasteiger charge is -2.02. The zero-order valence-electron chi connectivity index (χ0n) is 10.4. The van der Waals surface area contributed by atoms with Crippen molar-refractivity contribution < 1.29 is 0 Å². The van der Waals surface area contributed by atoms with E-state index in [1.54, 1.807) is 0 Å². The molecule has 0 aromatic carbocycles. The van der Waals surface area contributed by atoms with Gasteiger partial charge in [-0.15, -0.1) is 11.3 Å². The Labute approximate surface area is 102 Å². The van der Waals surface area contributed by atoms with Crippen molar-refractivity contribution >= 4 is 11.3 Å². The van der Waals surface area contributed by atoms with Crippen LogP contribution in [-0.4, -0.2) is 18.6 Å². The second-order valence-corrected chi connectivity index (χ2v) is 5.86. The molecular weight excluding hydrogens is 216 g/mol. The highest BCUT2D eigenvalue weighted by molar-refractivity contribution is 7.11. The summed E-state index contributed by atoms with van der Waals surface area (Å²) in [6.45, 7) is 3.28. The topological polar surface area (TPSA) is 24.9 Å². The van der Waals surface area contributed by atoms with Crippen LogP contribution in [0, 0.1) is 6.92 Å². The zero-order valence-corrected chi connectivity index (χ0v) is 11.2. The third kappa shape index (κ3) is 2.83. The summed E-state index contributed by atoms with van der Waals surface area (Å²) in [6, 6.07) is 0. The van der Waals surface area contributed by atoms with E-state index in [4.69, 9.17) is 4.98 Å². The van der Waals surface area contributed by atoms with Crippen LogP contribution in [-0.2, 0) is 6.42 Å². The third-order valence-electron chi connectivity index (χ3n) is 3.44. The molecule has 1 aliphatic carbocycles. The fourth-order valence-electron chi connectivity index (χ4n) is 2.46. The molecule has 2 rings (SSSR count). The number of aromatic nitrogens is 1. The first-order valence-corrected chi connectivity index (χ1v) is 7.23. The largest absolute Gasteiger partial charge is 0.320 e. The maximum Gasteiger partial charge on any atom is 0.0961 e. The first-order chi connectivity index (χ1) is 7.81. The van der Waals surface area contributed by atoms with Crippen LogP contribution in [0.1, 0.15) is 53.6 Å². The predicted molar refractivity (Wildman–Crippen MR) is 70.3 cm³/mol. The van der Waals surface area contributed by atoms with Crippen molar-refractivity contribution in [2.45, 2.75) is 51.4 Å². The van der Waals surface area contributed by atoms with Gasteiger partial charge in [-0.2, -0.15) is 0 Å². The van der Waals surface area contributed by atoms with Crippen LogP contribution in [0.4, 0.5) is 0 Å². The van der Waals surface area contributed by atoms with Crippen molar-refractivity contribution in [1.29, 1.82) is 0 Å². The average molecular weight is 238 g/mol. The molecule has 0 radical (unpaired) electrons. The Bertz CT molecular complexity index is 327. The molecule has 16 heavy (non-hydrogen) atoms. The quantitative estimate of drug-likeness (QED) is 0.796. The van der Waals surface area contributed by atoms with Crippen LogP contribution >= 0.6 is 11.3 Å². The fraction of sp³-hybridized carbons (Fsp3) is 0.769. The highest BCUT2D eigenvalue weighted by Crippen LogP contribution is 2.37. The molecule has 1 saturated carbocycles. The third-order valence-corrected chi connectivity index (χ3v) is 4.82. The number of nitrogens with zero attached hydrogens (tertiary/aromatic N) is 1. The SMILES string of the molecule is CNCCCc1sc(C2CCCC2)nc1C. The van der Waals surface area contributed by atoms with Crippen molar-refractivity contribution in [3.05, 3.63) is 15.6 Å². The van der Waals surface area contributed by atoms with Gasteiger partial charge in [-0.05, 0) is 46.2 Å². The maximum atomic E-state index is 4.77. The molecule has 0 atom stereocenters. The lowest BCUT2D eigenvalue weighted by molar-refractivity contribution is 0.713. The smallest absolute Gasteiger partial charge is 0.0961 e. The van der Waals surface area contributed by atoms with E-state index in [-0.39, 0.29) is 0 Å². The summed E-state index contributed by atoms with van der Waals surface area (Å²) >= 11 is 1.97. The van der Waals surface area contributed by atoms with Gasteiger partial charge in [0.25, 0.3) is 0 Å². The van der Waals surface area contributed by atoms with Gasteiger partial charge in [0.15, 0.2) is 0 Å². The Balaban J connectivity index is 1.97. The van der Waals surface area contributed by atoms with Gasteiger partial charge in [0, 0.05) is 10.8 Å². The van der Waals surface area contributed by atoms with Gasteiger partial charge >= 0.3 is 0 Å². The van der Waals surface area contributed by atoms with Gasteiger partial charge in [-0.3, -0.25) is 0 Å². The number of hydrogen-bond acceptors (Lipinski definition) is 3. The lowest BCUT2D eigenvalue weighted by atomic mass is 10.1. The van der Waals surface area contributed by atoms with Gasteiger partial charge in [0.05, 0.1) is 10.7 Å². The summed E-state index contributed by atoms with van der Waals surface area (Å²) in [7, 11) is 2.02. The molecule has 1 aliphatic rings. The molecule has 0 aliphatic heterocycles. The summed E-state index contributed by atoms with van der Waals surface area (Å²) < 4.78 is 0. The minimum atomic E-state index is 0.779.